The van der Waals surface area contributed by atoms with Gasteiger partial charge in [0.05, 0.1) is 14.2 Å². The number of rotatable bonds is 10. The quantitative estimate of drug-likeness (QED) is 0.526. The van der Waals surface area contributed by atoms with Gasteiger partial charge in [-0.05, 0) is 37.6 Å². The van der Waals surface area contributed by atoms with Crippen molar-refractivity contribution >= 4 is 5.91 Å². The van der Waals surface area contributed by atoms with Crippen LogP contribution in [0.25, 0.3) is 0 Å². The van der Waals surface area contributed by atoms with Gasteiger partial charge in [0.15, 0.2) is 18.2 Å². The molecule has 3 aromatic rings. The zero-order valence-corrected chi connectivity index (χ0v) is 16.8. The first kappa shape index (κ1) is 20.2. The Kier molecular flexibility index (Phi) is 6.72. The molecule has 0 spiro atoms. The van der Waals surface area contributed by atoms with E-state index in [-0.39, 0.29) is 12.6 Å². The van der Waals surface area contributed by atoms with Gasteiger partial charge in [-0.2, -0.15) is 10.2 Å². The van der Waals surface area contributed by atoms with E-state index in [1.807, 2.05) is 23.7 Å². The van der Waals surface area contributed by atoms with Crippen molar-refractivity contribution < 1.29 is 19.0 Å². The molecule has 9 nitrogen and oxygen atoms in total. The van der Waals surface area contributed by atoms with Crippen LogP contribution in [0.1, 0.15) is 22.6 Å². The number of nitrogens with zero attached hydrogens (tertiary/aromatic N) is 4. The Balaban J connectivity index is 1.50. The lowest BCUT2D eigenvalue weighted by atomic mass is 10.3. The number of carbonyl (C=O) groups excluding carboxylic acids is 1. The number of methoxy groups -OCH3 is 2. The molecule has 0 saturated carbocycles. The van der Waals surface area contributed by atoms with Gasteiger partial charge in [-0.1, -0.05) is 6.07 Å². The predicted molar refractivity (Wildman–Crippen MR) is 106 cm³/mol. The fourth-order valence-corrected chi connectivity index (χ4v) is 2.80. The molecule has 0 radical (unpaired) electrons. The number of carbonyl (C=O) groups is 1. The van der Waals surface area contributed by atoms with Crippen molar-refractivity contribution in [3.63, 3.8) is 0 Å². The predicted octanol–water partition coefficient (Wildman–Crippen LogP) is 2.26. The number of nitrogens with one attached hydrogen (secondary N) is 1. The minimum atomic E-state index is -0.226. The van der Waals surface area contributed by atoms with E-state index in [1.54, 1.807) is 44.8 Å². The van der Waals surface area contributed by atoms with E-state index in [2.05, 4.69) is 15.5 Å². The van der Waals surface area contributed by atoms with Crippen LogP contribution >= 0.6 is 0 Å². The lowest BCUT2D eigenvalue weighted by Crippen LogP contribution is -2.26. The maximum atomic E-state index is 12.3. The molecule has 2 heterocycles. The maximum absolute atomic E-state index is 12.3. The average Bonchev–Trinajstić information content (AvgIpc) is 3.38. The van der Waals surface area contributed by atoms with Gasteiger partial charge in [-0.3, -0.25) is 9.48 Å². The van der Waals surface area contributed by atoms with E-state index in [0.717, 1.165) is 18.7 Å². The molecular weight excluding hydrogens is 374 g/mol. The van der Waals surface area contributed by atoms with Gasteiger partial charge in [0.1, 0.15) is 5.69 Å². The van der Waals surface area contributed by atoms with Gasteiger partial charge >= 0.3 is 0 Å². The molecule has 0 unspecified atom stereocenters. The fraction of sp³-hybridized carbons (Fsp3) is 0.350. The summed E-state index contributed by atoms with van der Waals surface area (Å²) in [5.74, 6) is 1.37. The number of aryl methyl sites for hydroxylation is 2. The Bertz CT molecular complexity index is 928. The van der Waals surface area contributed by atoms with E-state index in [1.165, 1.54) is 4.68 Å². The molecule has 9 heteroatoms. The molecule has 0 saturated heterocycles. The first-order valence-electron chi connectivity index (χ1n) is 9.26. The van der Waals surface area contributed by atoms with Crippen LogP contribution in [0.3, 0.4) is 0 Å². The van der Waals surface area contributed by atoms with Crippen LogP contribution in [0, 0.1) is 6.92 Å². The highest BCUT2D eigenvalue weighted by molar-refractivity contribution is 5.92. The monoisotopic (exact) mass is 399 g/mol. The zero-order valence-electron chi connectivity index (χ0n) is 16.8. The maximum Gasteiger partial charge on any atom is 0.271 e. The number of hydrogen-bond acceptors (Lipinski definition) is 6. The third kappa shape index (κ3) is 5.07. The summed E-state index contributed by atoms with van der Waals surface area (Å²) in [7, 11) is 3.12. The summed E-state index contributed by atoms with van der Waals surface area (Å²) < 4.78 is 19.8. The Morgan fingerprint density at radius 3 is 2.55 bits per heavy atom. The molecule has 29 heavy (non-hydrogen) atoms. The Morgan fingerprint density at radius 2 is 1.90 bits per heavy atom. The summed E-state index contributed by atoms with van der Waals surface area (Å²) in [6.07, 6.45) is 4.23. The Labute approximate surface area is 169 Å². The summed E-state index contributed by atoms with van der Waals surface area (Å²) in [5, 5.41) is 11.3. The summed E-state index contributed by atoms with van der Waals surface area (Å²) >= 11 is 0. The first-order chi connectivity index (χ1) is 14.1. The lowest BCUT2D eigenvalue weighted by molar-refractivity contribution is 0.0945. The van der Waals surface area contributed by atoms with Crippen molar-refractivity contribution in [2.45, 2.75) is 26.6 Å². The summed E-state index contributed by atoms with van der Waals surface area (Å²) in [5.41, 5.74) is 1.43. The van der Waals surface area contributed by atoms with Crippen molar-refractivity contribution in [3.8, 4) is 17.2 Å². The molecule has 2 aromatic heterocycles. The lowest BCUT2D eigenvalue weighted by Gasteiger charge is -2.13. The van der Waals surface area contributed by atoms with Crippen molar-refractivity contribution in [1.29, 1.82) is 0 Å². The largest absolute Gasteiger partial charge is 0.493 e. The second-order valence-electron chi connectivity index (χ2n) is 6.31. The van der Waals surface area contributed by atoms with Crippen molar-refractivity contribution in [2.75, 3.05) is 20.8 Å². The van der Waals surface area contributed by atoms with Crippen LogP contribution in [0.4, 0.5) is 0 Å². The van der Waals surface area contributed by atoms with Crippen LogP contribution in [-0.4, -0.2) is 46.2 Å². The van der Waals surface area contributed by atoms with Gasteiger partial charge in [-0.25, -0.2) is 4.68 Å². The summed E-state index contributed by atoms with van der Waals surface area (Å²) in [4.78, 5) is 12.3. The zero-order chi connectivity index (χ0) is 20.6. The summed E-state index contributed by atoms with van der Waals surface area (Å²) in [6, 6.07) is 8.98. The molecular formula is C20H25N5O4. The number of hydrogen-bond donors (Lipinski definition) is 1. The molecule has 1 amide bonds. The number of amides is 1. The first-order valence-corrected chi connectivity index (χ1v) is 9.26. The normalized spacial score (nSPS) is 10.6. The van der Waals surface area contributed by atoms with Crippen molar-refractivity contribution in [3.05, 3.63) is 54.1 Å². The molecule has 0 bridgehead atoms. The number of benzene rings is 1. The number of para-hydroxylation sites is 1. The van der Waals surface area contributed by atoms with Gasteiger partial charge < -0.3 is 19.5 Å². The smallest absolute Gasteiger partial charge is 0.271 e. The molecule has 154 valence electrons. The molecule has 1 N–H and O–H groups in total. The van der Waals surface area contributed by atoms with E-state index >= 15 is 0 Å². The van der Waals surface area contributed by atoms with Gasteiger partial charge in [-0.15, -0.1) is 0 Å². The molecule has 3 rings (SSSR count). The van der Waals surface area contributed by atoms with E-state index in [0.29, 0.717) is 29.5 Å². The summed E-state index contributed by atoms with van der Waals surface area (Å²) in [6.45, 7) is 3.41. The van der Waals surface area contributed by atoms with E-state index in [4.69, 9.17) is 14.2 Å². The minimum absolute atomic E-state index is 0.114. The topological polar surface area (TPSA) is 92.4 Å². The van der Waals surface area contributed by atoms with Crippen LogP contribution < -0.4 is 19.5 Å². The van der Waals surface area contributed by atoms with Crippen molar-refractivity contribution in [1.82, 2.24) is 24.9 Å². The third-order valence-electron chi connectivity index (χ3n) is 4.36. The standard InChI is InChI=1S/C20H25N5O4/c1-15-8-11-22-25(15)12-5-10-21-20(26)16-9-13-24(23-16)14-29-19-17(27-2)6-4-7-18(19)28-3/h4,6-9,11,13H,5,10,12,14H2,1-3H3,(H,21,26). The molecule has 0 fully saturated rings. The van der Waals surface area contributed by atoms with Crippen LogP contribution in [-0.2, 0) is 13.3 Å². The fourth-order valence-electron chi connectivity index (χ4n) is 2.80. The highest BCUT2D eigenvalue weighted by Crippen LogP contribution is 2.36. The second-order valence-corrected chi connectivity index (χ2v) is 6.31. The highest BCUT2D eigenvalue weighted by Gasteiger charge is 2.13. The van der Waals surface area contributed by atoms with E-state index < -0.39 is 0 Å². The third-order valence-corrected chi connectivity index (χ3v) is 4.36. The van der Waals surface area contributed by atoms with Gasteiger partial charge in [0.2, 0.25) is 5.75 Å². The Morgan fingerprint density at radius 1 is 1.14 bits per heavy atom. The molecule has 0 atom stereocenters. The van der Waals surface area contributed by atoms with Gasteiger partial charge in [0.25, 0.3) is 5.91 Å². The molecule has 0 aliphatic heterocycles. The average molecular weight is 399 g/mol. The second kappa shape index (κ2) is 9.63. The van der Waals surface area contributed by atoms with Gasteiger partial charge in [0, 0.05) is 31.2 Å². The Hall–Kier alpha value is -3.49. The molecule has 0 aliphatic carbocycles. The number of ether oxygens (including phenoxy) is 3. The van der Waals surface area contributed by atoms with Crippen LogP contribution in [0.2, 0.25) is 0 Å². The molecule has 1 aromatic carbocycles. The van der Waals surface area contributed by atoms with Crippen LogP contribution in [0.15, 0.2) is 42.7 Å². The van der Waals surface area contributed by atoms with Crippen LogP contribution in [0.5, 0.6) is 17.2 Å². The highest BCUT2D eigenvalue weighted by atomic mass is 16.5. The SMILES string of the molecule is COc1cccc(OC)c1OCn1ccc(C(=O)NCCCn2nccc2C)n1. The van der Waals surface area contributed by atoms with E-state index in [9.17, 15) is 4.79 Å². The van der Waals surface area contributed by atoms with Crippen molar-refractivity contribution in [2.24, 2.45) is 0 Å². The minimum Gasteiger partial charge on any atom is -0.493 e. The number of aromatic nitrogens is 4. The molecule has 0 aliphatic rings.